The fourth-order valence-electron chi connectivity index (χ4n) is 3.55. The summed E-state index contributed by atoms with van der Waals surface area (Å²) in [6.07, 6.45) is 2.82. The van der Waals surface area contributed by atoms with Crippen LogP contribution in [0.2, 0.25) is 0 Å². The molecule has 5 aromatic rings. The van der Waals surface area contributed by atoms with Gasteiger partial charge in [0.05, 0.1) is 5.56 Å². The van der Waals surface area contributed by atoms with E-state index in [-0.39, 0.29) is 18.1 Å². The Labute approximate surface area is 178 Å². The predicted molar refractivity (Wildman–Crippen MR) is 112 cm³/mol. The van der Waals surface area contributed by atoms with Gasteiger partial charge in [-0.1, -0.05) is 0 Å². The average molecular weight is 434 g/mol. The van der Waals surface area contributed by atoms with Crippen molar-refractivity contribution in [2.24, 2.45) is 0 Å². The Morgan fingerprint density at radius 1 is 1.16 bits per heavy atom. The Kier molecular flexibility index (Phi) is 4.43. The molecule has 0 unspecified atom stereocenters. The summed E-state index contributed by atoms with van der Waals surface area (Å²) in [4.78, 5) is 35.9. The van der Waals surface area contributed by atoms with Gasteiger partial charge in [0.2, 0.25) is 11.2 Å². The third-order valence-corrected chi connectivity index (χ3v) is 5.16. The smallest absolute Gasteiger partial charge is 0.428 e. The third kappa shape index (κ3) is 3.16. The van der Waals surface area contributed by atoms with Gasteiger partial charge >= 0.3 is 11.6 Å². The molecule has 0 radical (unpaired) electrons. The molecule has 0 aliphatic rings. The molecule has 5 rings (SSSR count). The number of nitrogens with two attached hydrogens (primary N) is 1. The lowest BCUT2D eigenvalue weighted by atomic mass is 10.0. The second-order valence-corrected chi connectivity index (χ2v) is 7.16. The van der Waals surface area contributed by atoms with E-state index in [1.165, 1.54) is 39.9 Å². The molecule has 4 heterocycles. The van der Waals surface area contributed by atoms with Gasteiger partial charge in [-0.2, -0.15) is 4.68 Å². The number of nitrogens with one attached hydrogen (secondary N) is 2. The Morgan fingerprint density at radius 3 is 2.56 bits per heavy atom. The van der Waals surface area contributed by atoms with Crippen LogP contribution in [0.25, 0.3) is 28.0 Å². The number of benzene rings is 1. The Hall–Kier alpha value is -4.54. The lowest BCUT2D eigenvalue weighted by Crippen LogP contribution is -2.44. The second-order valence-electron chi connectivity index (χ2n) is 7.16. The van der Waals surface area contributed by atoms with Crippen molar-refractivity contribution in [2.75, 3.05) is 5.73 Å². The van der Waals surface area contributed by atoms with E-state index < -0.39 is 11.5 Å². The number of aromatic nitrogens is 6. The minimum absolute atomic E-state index is 0.0515. The van der Waals surface area contributed by atoms with Crippen molar-refractivity contribution in [3.8, 4) is 22.4 Å². The first-order valence-corrected chi connectivity index (χ1v) is 9.60. The monoisotopic (exact) mass is 434 g/mol. The summed E-state index contributed by atoms with van der Waals surface area (Å²) in [7, 11) is 0. The number of anilines is 1. The van der Waals surface area contributed by atoms with Crippen LogP contribution in [-0.4, -0.2) is 24.7 Å². The summed E-state index contributed by atoms with van der Waals surface area (Å²) >= 11 is 0. The van der Waals surface area contributed by atoms with E-state index in [9.17, 15) is 14.0 Å². The molecule has 160 valence electrons. The average Bonchev–Trinajstić information content (AvgIpc) is 3.33. The maximum atomic E-state index is 13.5. The van der Waals surface area contributed by atoms with Crippen LogP contribution in [0.5, 0.6) is 0 Å². The number of H-pyrrole nitrogens is 2. The third-order valence-electron chi connectivity index (χ3n) is 5.16. The number of nitrogens with zero attached hydrogens (tertiary/aromatic N) is 4. The number of pyridine rings is 1. The highest BCUT2D eigenvalue weighted by Crippen LogP contribution is 2.32. The van der Waals surface area contributed by atoms with Gasteiger partial charge in [0.15, 0.2) is 6.39 Å². The molecule has 4 aromatic heterocycles. The van der Waals surface area contributed by atoms with Crippen LogP contribution in [0.4, 0.5) is 10.3 Å². The lowest BCUT2D eigenvalue weighted by molar-refractivity contribution is -0.516. The second kappa shape index (κ2) is 7.30. The predicted octanol–water partition coefficient (Wildman–Crippen LogP) is 1.40. The van der Waals surface area contributed by atoms with Crippen LogP contribution >= 0.6 is 0 Å². The molecule has 0 atom stereocenters. The lowest BCUT2D eigenvalue weighted by Gasteiger charge is -2.08. The zero-order chi connectivity index (χ0) is 22.4. The summed E-state index contributed by atoms with van der Waals surface area (Å²) < 4.78 is 21.3. The number of aryl methyl sites for hydroxylation is 1. The molecule has 0 amide bonds. The number of nitrogen functional groups attached to an aromatic ring is 1. The zero-order valence-corrected chi connectivity index (χ0v) is 16.8. The molecule has 1 aromatic carbocycles. The number of aromatic amines is 2. The summed E-state index contributed by atoms with van der Waals surface area (Å²) in [6.45, 7) is 1.87. The molecular weight excluding hydrogens is 417 g/mol. The maximum absolute atomic E-state index is 13.5. The molecule has 0 spiro atoms. The van der Waals surface area contributed by atoms with Crippen LogP contribution in [0, 0.1) is 12.7 Å². The Morgan fingerprint density at radius 2 is 1.91 bits per heavy atom. The van der Waals surface area contributed by atoms with Crippen molar-refractivity contribution in [1.82, 2.24) is 24.7 Å². The van der Waals surface area contributed by atoms with Gasteiger partial charge in [0, 0.05) is 23.4 Å². The Bertz CT molecular complexity index is 1560. The van der Waals surface area contributed by atoms with Crippen LogP contribution in [-0.2, 0) is 6.54 Å². The van der Waals surface area contributed by atoms with E-state index in [4.69, 9.17) is 10.2 Å². The van der Waals surface area contributed by atoms with E-state index >= 15 is 0 Å². The van der Waals surface area contributed by atoms with Gasteiger partial charge in [0.1, 0.15) is 29.5 Å². The molecule has 0 saturated heterocycles. The van der Waals surface area contributed by atoms with E-state index in [2.05, 4.69) is 20.1 Å². The van der Waals surface area contributed by atoms with E-state index in [0.717, 1.165) is 0 Å². The number of hydrogen-bond acceptors (Lipinski definition) is 6. The number of oxazole rings is 1. The first kappa shape index (κ1) is 19.4. The van der Waals surface area contributed by atoms with Crippen molar-refractivity contribution >= 4 is 11.6 Å². The quantitative estimate of drug-likeness (QED) is 0.365. The summed E-state index contributed by atoms with van der Waals surface area (Å²) in [6, 6.07) is 8.72. The highest BCUT2D eigenvalue weighted by atomic mass is 19.1. The van der Waals surface area contributed by atoms with E-state index in [1.54, 1.807) is 25.1 Å². The summed E-state index contributed by atoms with van der Waals surface area (Å²) in [5, 5.41) is 3.07. The summed E-state index contributed by atoms with van der Waals surface area (Å²) in [5.74, 6) is 0.134. The first-order valence-electron chi connectivity index (χ1n) is 9.60. The van der Waals surface area contributed by atoms with Gasteiger partial charge in [-0.15, -0.1) is 9.38 Å². The number of hydrogen-bond donors (Lipinski definition) is 3. The molecule has 10 nitrogen and oxygen atoms in total. The van der Waals surface area contributed by atoms with Gasteiger partial charge in [-0.05, 0) is 37.3 Å². The first-order chi connectivity index (χ1) is 15.4. The molecule has 0 fully saturated rings. The fraction of sp³-hybridized carbons (Fsp3) is 0.0952. The van der Waals surface area contributed by atoms with Crippen molar-refractivity contribution in [3.63, 3.8) is 0 Å². The van der Waals surface area contributed by atoms with Crippen molar-refractivity contribution in [1.29, 1.82) is 0 Å². The van der Waals surface area contributed by atoms with Crippen LogP contribution < -0.4 is 21.4 Å². The van der Waals surface area contributed by atoms with E-state index in [0.29, 0.717) is 39.5 Å². The van der Waals surface area contributed by atoms with Crippen molar-refractivity contribution in [2.45, 2.75) is 13.5 Å². The largest absolute Gasteiger partial charge is 0.448 e. The Balaban J connectivity index is 1.82. The minimum Gasteiger partial charge on any atom is -0.448 e. The molecule has 0 saturated carbocycles. The van der Waals surface area contributed by atoms with Crippen molar-refractivity contribution in [3.05, 3.63) is 87.1 Å². The standard InChI is InChI=1S/C21H16FN7O3/c1-11-15(25-10-32-11)9-28-21(31)29-19(27-28)17(13-4-7-16(30)24-8-13)18(26-20(29)23)12-2-5-14(22)6-3-12/h2-8,10H,9H2,1H3,(H3,23,24,26,27,30)/p+1. The molecule has 11 heteroatoms. The highest BCUT2D eigenvalue weighted by Gasteiger charge is 2.26. The molecule has 4 N–H and O–H groups in total. The molecular formula is C21H17FN7O3+. The SMILES string of the molecule is Cc1ocnc1Cn1[nH]c2c(-c3ccc(=O)[nH]c3)c(-c3ccc(F)cc3)nc(N)[n+]2c1=O. The number of halogens is 1. The van der Waals surface area contributed by atoms with Crippen LogP contribution in [0.15, 0.2) is 63.0 Å². The molecule has 0 aliphatic carbocycles. The molecule has 0 bridgehead atoms. The number of fused-ring (bicyclic) bond motifs is 1. The maximum Gasteiger partial charge on any atom is 0.428 e. The fourth-order valence-corrected chi connectivity index (χ4v) is 3.55. The van der Waals surface area contributed by atoms with Gasteiger partial charge in [0.25, 0.3) is 0 Å². The summed E-state index contributed by atoms with van der Waals surface area (Å²) in [5.41, 5.74) is 8.46. The molecule has 32 heavy (non-hydrogen) atoms. The molecule has 0 aliphatic heterocycles. The van der Waals surface area contributed by atoms with Crippen molar-refractivity contribution < 1.29 is 13.2 Å². The minimum atomic E-state index is -0.455. The topological polar surface area (TPSA) is 140 Å². The zero-order valence-electron chi connectivity index (χ0n) is 16.8. The van der Waals surface area contributed by atoms with E-state index in [1.807, 2.05) is 0 Å². The normalized spacial score (nSPS) is 11.3. The van der Waals surface area contributed by atoms with Gasteiger partial charge in [-0.25, -0.2) is 19.3 Å². The van der Waals surface area contributed by atoms with Gasteiger partial charge in [-0.3, -0.25) is 4.79 Å². The van der Waals surface area contributed by atoms with Crippen LogP contribution in [0.3, 0.4) is 0 Å². The highest BCUT2D eigenvalue weighted by molar-refractivity contribution is 5.88. The van der Waals surface area contributed by atoms with Crippen LogP contribution in [0.1, 0.15) is 11.5 Å². The van der Waals surface area contributed by atoms with Gasteiger partial charge < -0.3 is 15.1 Å². The number of rotatable bonds is 4.